The Balaban J connectivity index is 4.00. The molecule has 0 aliphatic carbocycles. The Hall–Kier alpha value is -0.990. The lowest BCUT2D eigenvalue weighted by molar-refractivity contribution is -0.161. The number of hydrogen-bond donors (Lipinski definition) is 2. The largest absolute Gasteiger partial charge is 0.472 e. The van der Waals surface area contributed by atoms with E-state index in [9.17, 15) is 19.0 Å². The average Bonchev–Trinajstić information content (AvgIpc) is 3.05. The van der Waals surface area contributed by atoms with Gasteiger partial charge in [-0.25, -0.2) is 4.57 Å². The van der Waals surface area contributed by atoms with E-state index in [1.807, 2.05) is 0 Å². The summed E-state index contributed by atoms with van der Waals surface area (Å²) in [5.74, 6) is -0.825. The van der Waals surface area contributed by atoms with Crippen molar-refractivity contribution in [2.75, 3.05) is 26.4 Å². The summed E-state index contributed by atoms with van der Waals surface area (Å²) in [6, 6.07) is 0. The molecule has 280 valence electrons. The van der Waals surface area contributed by atoms with E-state index in [1.165, 1.54) is 122 Å². The summed E-state index contributed by atoms with van der Waals surface area (Å²) in [5, 5.41) is 0. The number of unbranched alkanes of at least 4 members (excludes halogenated alkanes) is 24. The maximum absolute atomic E-state index is 12.4. The van der Waals surface area contributed by atoms with Crippen LogP contribution in [-0.2, 0) is 32.7 Å². The standard InChI is InChI=1S/C37H74NO8P/c1-3-5-7-9-11-12-13-14-15-16-17-18-19-20-21-22-24-25-27-29-36(39)43-33-35(34-45-47(41,42)44-32-31-38)46-37(40)30-28-26-23-10-8-6-4-2/h35H,3-34,38H2,1-2H3,(H,41,42)/t35-/m0/s1. The molecule has 10 heteroatoms. The first-order valence-electron chi connectivity index (χ1n) is 19.5. The predicted octanol–water partition coefficient (Wildman–Crippen LogP) is 10.5. The molecule has 0 heterocycles. The van der Waals surface area contributed by atoms with Crippen LogP contribution in [-0.4, -0.2) is 49.3 Å². The topological polar surface area (TPSA) is 134 Å². The molecule has 0 spiro atoms. The highest BCUT2D eigenvalue weighted by Gasteiger charge is 2.25. The third-order valence-electron chi connectivity index (χ3n) is 8.49. The van der Waals surface area contributed by atoms with Gasteiger partial charge in [0.15, 0.2) is 6.10 Å². The average molecular weight is 692 g/mol. The molecule has 0 aliphatic rings. The molecule has 0 aliphatic heterocycles. The van der Waals surface area contributed by atoms with Crippen molar-refractivity contribution >= 4 is 19.8 Å². The van der Waals surface area contributed by atoms with Gasteiger partial charge in [-0.2, -0.15) is 0 Å². The summed E-state index contributed by atoms with van der Waals surface area (Å²) in [4.78, 5) is 34.5. The Morgan fingerprint density at radius 1 is 0.553 bits per heavy atom. The van der Waals surface area contributed by atoms with Crippen LogP contribution in [0.2, 0.25) is 0 Å². The van der Waals surface area contributed by atoms with Crippen LogP contribution in [0.25, 0.3) is 0 Å². The summed E-state index contributed by atoms with van der Waals surface area (Å²) >= 11 is 0. The maximum Gasteiger partial charge on any atom is 0.472 e. The van der Waals surface area contributed by atoms with E-state index in [0.717, 1.165) is 38.5 Å². The highest BCUT2D eigenvalue weighted by molar-refractivity contribution is 7.47. The number of ether oxygens (including phenoxy) is 2. The van der Waals surface area contributed by atoms with Gasteiger partial charge in [-0.3, -0.25) is 18.6 Å². The van der Waals surface area contributed by atoms with Crippen LogP contribution in [0.3, 0.4) is 0 Å². The van der Waals surface area contributed by atoms with Crippen molar-refractivity contribution in [1.82, 2.24) is 0 Å². The lowest BCUT2D eigenvalue weighted by Crippen LogP contribution is -2.29. The SMILES string of the molecule is CCCCCCCCCCCCCCCCCCCCCC(=O)OC[C@@H](COP(=O)(O)OCCN)OC(=O)CCCCCCCCC. The third kappa shape index (κ3) is 34.7. The van der Waals surface area contributed by atoms with Crippen LogP contribution >= 0.6 is 7.82 Å². The second-order valence-electron chi connectivity index (χ2n) is 13.2. The summed E-state index contributed by atoms with van der Waals surface area (Å²) < 4.78 is 32.5. The summed E-state index contributed by atoms with van der Waals surface area (Å²) in [6.45, 7) is 3.70. The van der Waals surface area contributed by atoms with Crippen LogP contribution in [0.5, 0.6) is 0 Å². The molecule has 0 rings (SSSR count). The second-order valence-corrected chi connectivity index (χ2v) is 14.6. The van der Waals surface area contributed by atoms with Crippen molar-refractivity contribution in [1.29, 1.82) is 0 Å². The molecule has 47 heavy (non-hydrogen) atoms. The fraction of sp³-hybridized carbons (Fsp3) is 0.946. The van der Waals surface area contributed by atoms with Gasteiger partial charge in [0.25, 0.3) is 0 Å². The van der Waals surface area contributed by atoms with Gasteiger partial charge in [0, 0.05) is 19.4 Å². The van der Waals surface area contributed by atoms with Crippen molar-refractivity contribution < 1.29 is 37.6 Å². The second kappa shape index (κ2) is 34.9. The van der Waals surface area contributed by atoms with Crippen molar-refractivity contribution in [3.63, 3.8) is 0 Å². The van der Waals surface area contributed by atoms with E-state index >= 15 is 0 Å². The number of rotatable bonds is 37. The van der Waals surface area contributed by atoms with Gasteiger partial charge < -0.3 is 20.1 Å². The molecule has 0 aromatic heterocycles. The lowest BCUT2D eigenvalue weighted by atomic mass is 10.0. The van der Waals surface area contributed by atoms with Crippen LogP contribution in [0.1, 0.15) is 194 Å². The quantitative estimate of drug-likeness (QED) is 0.0371. The minimum Gasteiger partial charge on any atom is -0.462 e. The first-order chi connectivity index (χ1) is 22.8. The van der Waals surface area contributed by atoms with Crippen LogP contribution in [0, 0.1) is 0 Å². The highest BCUT2D eigenvalue weighted by atomic mass is 31.2. The minimum atomic E-state index is -4.36. The Morgan fingerprint density at radius 3 is 1.30 bits per heavy atom. The molecule has 0 radical (unpaired) electrons. The van der Waals surface area contributed by atoms with E-state index in [-0.39, 0.29) is 38.6 Å². The number of carbonyl (C=O) groups is 2. The smallest absolute Gasteiger partial charge is 0.462 e. The third-order valence-corrected chi connectivity index (χ3v) is 9.48. The molecule has 0 fully saturated rings. The van der Waals surface area contributed by atoms with Gasteiger partial charge in [-0.05, 0) is 12.8 Å². The van der Waals surface area contributed by atoms with Gasteiger partial charge in [0.1, 0.15) is 6.61 Å². The summed E-state index contributed by atoms with van der Waals surface area (Å²) in [7, 11) is -4.36. The molecule has 0 amide bonds. The van der Waals surface area contributed by atoms with Gasteiger partial charge in [-0.1, -0.05) is 168 Å². The maximum atomic E-state index is 12.4. The number of nitrogens with two attached hydrogens (primary N) is 1. The van der Waals surface area contributed by atoms with Gasteiger partial charge >= 0.3 is 19.8 Å². The molecule has 0 saturated heterocycles. The minimum absolute atomic E-state index is 0.0574. The van der Waals surface area contributed by atoms with Gasteiger partial charge in [0.2, 0.25) is 0 Å². The predicted molar refractivity (Wildman–Crippen MR) is 192 cm³/mol. The zero-order valence-electron chi connectivity index (χ0n) is 30.5. The Bertz CT molecular complexity index is 754. The van der Waals surface area contributed by atoms with Crippen molar-refractivity contribution in [2.24, 2.45) is 5.73 Å². The van der Waals surface area contributed by atoms with Crippen molar-refractivity contribution in [2.45, 2.75) is 200 Å². The number of hydrogen-bond acceptors (Lipinski definition) is 8. The van der Waals surface area contributed by atoms with E-state index in [0.29, 0.717) is 6.42 Å². The Morgan fingerprint density at radius 2 is 0.915 bits per heavy atom. The molecule has 1 unspecified atom stereocenters. The monoisotopic (exact) mass is 692 g/mol. The zero-order chi connectivity index (χ0) is 34.7. The zero-order valence-corrected chi connectivity index (χ0v) is 31.4. The van der Waals surface area contributed by atoms with Gasteiger partial charge in [0.05, 0.1) is 13.2 Å². The Labute approximate surface area is 288 Å². The van der Waals surface area contributed by atoms with Crippen LogP contribution in [0.15, 0.2) is 0 Å². The number of carbonyl (C=O) groups excluding carboxylic acids is 2. The number of phosphoric ester groups is 1. The highest BCUT2D eigenvalue weighted by Crippen LogP contribution is 2.43. The van der Waals surface area contributed by atoms with Crippen LogP contribution < -0.4 is 5.73 Å². The van der Waals surface area contributed by atoms with E-state index < -0.39 is 26.5 Å². The molecule has 0 aromatic rings. The molecular formula is C37H74NO8P. The first-order valence-corrected chi connectivity index (χ1v) is 21.0. The fourth-order valence-electron chi connectivity index (χ4n) is 5.58. The number of phosphoric acid groups is 1. The van der Waals surface area contributed by atoms with E-state index in [1.54, 1.807) is 0 Å². The molecule has 0 aromatic carbocycles. The van der Waals surface area contributed by atoms with Crippen molar-refractivity contribution in [3.8, 4) is 0 Å². The van der Waals surface area contributed by atoms with E-state index in [4.69, 9.17) is 24.3 Å². The molecule has 0 bridgehead atoms. The first kappa shape index (κ1) is 46.0. The molecule has 3 N–H and O–H groups in total. The molecule has 9 nitrogen and oxygen atoms in total. The molecule has 0 saturated carbocycles. The Kier molecular flexibility index (Phi) is 34.1. The normalized spacial score (nSPS) is 13.4. The van der Waals surface area contributed by atoms with Crippen LogP contribution in [0.4, 0.5) is 0 Å². The molecular weight excluding hydrogens is 617 g/mol. The van der Waals surface area contributed by atoms with Crippen molar-refractivity contribution in [3.05, 3.63) is 0 Å². The van der Waals surface area contributed by atoms with E-state index in [2.05, 4.69) is 13.8 Å². The summed E-state index contributed by atoms with van der Waals surface area (Å²) in [5.41, 5.74) is 5.32. The number of esters is 2. The summed E-state index contributed by atoms with van der Waals surface area (Å²) in [6.07, 6.45) is 31.6. The van der Waals surface area contributed by atoms with Gasteiger partial charge in [-0.15, -0.1) is 0 Å². The fourth-order valence-corrected chi connectivity index (χ4v) is 6.34. The molecule has 2 atom stereocenters. The lowest BCUT2D eigenvalue weighted by Gasteiger charge is -2.19.